The topological polar surface area (TPSA) is 63.0 Å². The summed E-state index contributed by atoms with van der Waals surface area (Å²) in [5, 5.41) is 12.7. The molecule has 5 aromatic rings. The lowest BCUT2D eigenvalue weighted by atomic mass is 9.74. The van der Waals surface area contributed by atoms with Gasteiger partial charge in [-0.25, -0.2) is 0 Å². The van der Waals surface area contributed by atoms with Crippen LogP contribution in [-0.2, 0) is 6.42 Å². The van der Waals surface area contributed by atoms with Crippen LogP contribution in [0.4, 0.5) is 0 Å². The number of rotatable bonds is 2. The summed E-state index contributed by atoms with van der Waals surface area (Å²) < 4.78 is 6.08. The minimum absolute atomic E-state index is 0.0615. The van der Waals surface area contributed by atoms with E-state index in [-0.39, 0.29) is 5.84 Å². The summed E-state index contributed by atoms with van der Waals surface area (Å²) >= 11 is 0. The van der Waals surface area contributed by atoms with Gasteiger partial charge in [-0.15, -0.1) is 0 Å². The summed E-state index contributed by atoms with van der Waals surface area (Å²) in [6.45, 7) is 0. The van der Waals surface area contributed by atoms with Gasteiger partial charge in [0, 0.05) is 16.3 Å². The highest BCUT2D eigenvalue weighted by Crippen LogP contribution is 2.46. The standard InChI is InChI=1S/C29H22N2O/c30-29(31)22-5-2-6-25-28(22)23-15-19(11-14-24(23)32-25)20-12-9-18-8-7-16-3-1-4-17-10-13-21(20)27(18)26(16)17/h1-2,4-6,9-16H,3,7-8H2,(H3,30,31). The van der Waals surface area contributed by atoms with E-state index in [1.807, 2.05) is 24.3 Å². The molecular formula is C29H22N2O. The van der Waals surface area contributed by atoms with Crippen LogP contribution in [0.3, 0.4) is 0 Å². The zero-order valence-corrected chi connectivity index (χ0v) is 17.6. The molecule has 7 rings (SSSR count). The van der Waals surface area contributed by atoms with Crippen molar-refractivity contribution < 1.29 is 4.42 Å². The smallest absolute Gasteiger partial charge is 0.136 e. The van der Waals surface area contributed by atoms with Gasteiger partial charge in [0.05, 0.1) is 0 Å². The molecule has 2 aliphatic rings. The van der Waals surface area contributed by atoms with Crippen LogP contribution in [0.15, 0.2) is 71.2 Å². The molecule has 0 bridgehead atoms. The van der Waals surface area contributed by atoms with E-state index in [2.05, 4.69) is 48.6 Å². The van der Waals surface area contributed by atoms with Gasteiger partial charge in [-0.1, -0.05) is 54.6 Å². The maximum Gasteiger partial charge on any atom is 0.136 e. The Morgan fingerprint density at radius 2 is 1.88 bits per heavy atom. The molecule has 0 aliphatic heterocycles. The Morgan fingerprint density at radius 3 is 2.78 bits per heavy atom. The molecule has 1 aromatic heterocycles. The molecule has 154 valence electrons. The zero-order chi connectivity index (χ0) is 21.4. The molecule has 0 fully saturated rings. The number of nitrogens with one attached hydrogen (secondary N) is 1. The highest BCUT2D eigenvalue weighted by atomic mass is 16.3. The van der Waals surface area contributed by atoms with Crippen LogP contribution in [0.5, 0.6) is 0 Å². The van der Waals surface area contributed by atoms with Crippen molar-refractivity contribution in [3.05, 3.63) is 89.0 Å². The molecule has 0 radical (unpaired) electrons. The van der Waals surface area contributed by atoms with Crippen LogP contribution in [0.2, 0.25) is 0 Å². The number of allylic oxidation sites excluding steroid dienone is 1. The Hall–Kier alpha value is -3.85. The summed E-state index contributed by atoms with van der Waals surface area (Å²) in [5.41, 5.74) is 15.0. The Labute approximate surface area is 185 Å². The summed E-state index contributed by atoms with van der Waals surface area (Å²) in [6.07, 6.45) is 8.16. The Balaban J connectivity index is 1.53. The molecule has 1 unspecified atom stereocenters. The number of hydrogen-bond donors (Lipinski definition) is 2. The Morgan fingerprint density at radius 1 is 0.938 bits per heavy atom. The van der Waals surface area contributed by atoms with Crippen LogP contribution < -0.4 is 5.73 Å². The first-order valence-electron chi connectivity index (χ1n) is 11.2. The third kappa shape index (κ3) is 2.34. The summed E-state index contributed by atoms with van der Waals surface area (Å²) in [6, 6.07) is 21.3. The van der Waals surface area contributed by atoms with Crippen molar-refractivity contribution in [2.45, 2.75) is 25.2 Å². The second kappa shape index (κ2) is 6.33. The van der Waals surface area contributed by atoms with E-state index in [0.717, 1.165) is 40.3 Å². The molecule has 4 aromatic carbocycles. The molecule has 1 atom stereocenters. The quantitative estimate of drug-likeness (QED) is 0.238. The normalized spacial score (nSPS) is 16.8. The number of amidine groups is 1. The largest absolute Gasteiger partial charge is 0.456 e. The predicted octanol–water partition coefficient (Wildman–Crippen LogP) is 7.14. The minimum Gasteiger partial charge on any atom is -0.456 e. The van der Waals surface area contributed by atoms with E-state index < -0.39 is 0 Å². The number of nitrogens with two attached hydrogens (primary N) is 1. The lowest BCUT2D eigenvalue weighted by molar-refractivity contribution is 0.619. The summed E-state index contributed by atoms with van der Waals surface area (Å²) in [4.78, 5) is 0. The molecule has 0 saturated carbocycles. The third-order valence-electron chi connectivity index (χ3n) is 7.33. The maximum atomic E-state index is 8.03. The van der Waals surface area contributed by atoms with E-state index in [0.29, 0.717) is 5.92 Å². The number of furan rings is 1. The highest BCUT2D eigenvalue weighted by molar-refractivity contribution is 6.17. The van der Waals surface area contributed by atoms with Crippen molar-refractivity contribution in [2.75, 3.05) is 0 Å². The number of fused-ring (bicyclic) bond motifs is 3. The van der Waals surface area contributed by atoms with Gasteiger partial charge in [-0.2, -0.15) is 0 Å². The first-order valence-corrected chi connectivity index (χ1v) is 11.2. The van der Waals surface area contributed by atoms with Crippen molar-refractivity contribution in [3.8, 4) is 11.1 Å². The van der Waals surface area contributed by atoms with E-state index >= 15 is 0 Å². The number of hydrogen-bond acceptors (Lipinski definition) is 2. The summed E-state index contributed by atoms with van der Waals surface area (Å²) in [5.74, 6) is 0.700. The Bertz CT molecular complexity index is 1640. The molecule has 3 nitrogen and oxygen atoms in total. The lowest BCUT2D eigenvalue weighted by Crippen LogP contribution is -2.12. The molecule has 0 saturated heterocycles. The van der Waals surface area contributed by atoms with Crippen molar-refractivity contribution in [3.63, 3.8) is 0 Å². The van der Waals surface area contributed by atoms with Gasteiger partial charge in [0.25, 0.3) is 0 Å². The van der Waals surface area contributed by atoms with Crippen molar-refractivity contribution in [1.82, 2.24) is 0 Å². The van der Waals surface area contributed by atoms with E-state index in [1.165, 1.54) is 39.4 Å². The first kappa shape index (κ1) is 17.8. The van der Waals surface area contributed by atoms with Gasteiger partial charge in [0.2, 0.25) is 0 Å². The van der Waals surface area contributed by atoms with Gasteiger partial charge in [-0.05, 0) is 82.0 Å². The molecule has 2 aliphatic carbocycles. The van der Waals surface area contributed by atoms with Gasteiger partial charge in [0.1, 0.15) is 17.0 Å². The average Bonchev–Trinajstić information content (AvgIpc) is 3.20. The van der Waals surface area contributed by atoms with Crippen LogP contribution in [-0.4, -0.2) is 5.84 Å². The van der Waals surface area contributed by atoms with Crippen LogP contribution in [0, 0.1) is 5.41 Å². The molecular weight excluding hydrogens is 392 g/mol. The fraction of sp³-hybridized carbons (Fsp3) is 0.138. The Kier molecular flexibility index (Phi) is 3.52. The monoisotopic (exact) mass is 414 g/mol. The van der Waals surface area contributed by atoms with Gasteiger partial charge in [0.15, 0.2) is 0 Å². The average molecular weight is 415 g/mol. The predicted molar refractivity (Wildman–Crippen MR) is 132 cm³/mol. The number of benzene rings is 4. The fourth-order valence-corrected chi connectivity index (χ4v) is 5.90. The van der Waals surface area contributed by atoms with Gasteiger partial charge >= 0.3 is 0 Å². The number of nitrogen functional groups attached to an aromatic ring is 1. The van der Waals surface area contributed by atoms with Gasteiger partial charge < -0.3 is 10.2 Å². The van der Waals surface area contributed by atoms with Gasteiger partial charge in [-0.3, -0.25) is 5.41 Å². The van der Waals surface area contributed by atoms with Crippen LogP contribution in [0.1, 0.15) is 41.0 Å². The number of aryl methyl sites for hydroxylation is 1. The maximum absolute atomic E-state index is 8.03. The summed E-state index contributed by atoms with van der Waals surface area (Å²) in [7, 11) is 0. The molecule has 1 heterocycles. The third-order valence-corrected chi connectivity index (χ3v) is 7.33. The van der Waals surface area contributed by atoms with Crippen molar-refractivity contribution in [1.29, 1.82) is 5.41 Å². The lowest BCUT2D eigenvalue weighted by Gasteiger charge is -2.30. The molecule has 3 N–H and O–H groups in total. The van der Waals surface area contributed by atoms with Crippen molar-refractivity contribution in [2.24, 2.45) is 5.73 Å². The van der Waals surface area contributed by atoms with Crippen molar-refractivity contribution >= 4 is 44.6 Å². The molecule has 3 heteroatoms. The molecule has 32 heavy (non-hydrogen) atoms. The zero-order valence-electron chi connectivity index (χ0n) is 17.6. The SMILES string of the molecule is N=C(N)c1cccc2oc3ccc(-c4ccc5c6c7c(ccc46)C=CCC7CC5)cc3c12. The van der Waals surface area contributed by atoms with E-state index in [1.54, 1.807) is 5.56 Å². The fourth-order valence-electron chi connectivity index (χ4n) is 5.90. The highest BCUT2D eigenvalue weighted by Gasteiger charge is 2.26. The molecule has 0 amide bonds. The van der Waals surface area contributed by atoms with E-state index in [4.69, 9.17) is 15.6 Å². The first-order chi connectivity index (χ1) is 15.7. The second-order valence-corrected chi connectivity index (χ2v) is 9.04. The second-order valence-electron chi connectivity index (χ2n) is 9.04. The van der Waals surface area contributed by atoms with Crippen LogP contribution in [0.25, 0.3) is 49.9 Å². The van der Waals surface area contributed by atoms with Crippen LogP contribution >= 0.6 is 0 Å². The molecule has 0 spiro atoms. The van der Waals surface area contributed by atoms with E-state index in [9.17, 15) is 0 Å². The minimum atomic E-state index is 0.0615.